The highest BCUT2D eigenvalue weighted by Gasteiger charge is 2.05. The molecule has 0 bridgehead atoms. The Morgan fingerprint density at radius 1 is 1.19 bits per heavy atom. The summed E-state index contributed by atoms with van der Waals surface area (Å²) in [5.41, 5.74) is 1.18. The SMILES string of the molecule is COCCNC(=NCC(C)Oc1cccc(C)c1)NCCc1ccco1.I. The third kappa shape index (κ3) is 9.67. The number of guanidine groups is 1. The van der Waals surface area contributed by atoms with E-state index >= 15 is 0 Å². The number of aliphatic imine (C=N–C) groups is 1. The first-order chi connectivity index (χ1) is 12.7. The summed E-state index contributed by atoms with van der Waals surface area (Å²) < 4.78 is 16.4. The average molecular weight is 487 g/mol. The van der Waals surface area contributed by atoms with E-state index < -0.39 is 0 Å². The van der Waals surface area contributed by atoms with E-state index in [0.717, 1.165) is 30.4 Å². The van der Waals surface area contributed by atoms with Crippen LogP contribution >= 0.6 is 24.0 Å². The van der Waals surface area contributed by atoms with Crippen LogP contribution in [0, 0.1) is 6.92 Å². The molecule has 0 amide bonds. The normalized spacial score (nSPS) is 12.2. The van der Waals surface area contributed by atoms with E-state index in [1.165, 1.54) is 5.56 Å². The number of ether oxygens (including phenoxy) is 2. The zero-order valence-corrected chi connectivity index (χ0v) is 18.6. The Morgan fingerprint density at radius 2 is 2.00 bits per heavy atom. The molecule has 1 unspecified atom stereocenters. The molecule has 6 nitrogen and oxygen atoms in total. The van der Waals surface area contributed by atoms with Crippen LogP contribution in [-0.2, 0) is 11.2 Å². The highest BCUT2D eigenvalue weighted by atomic mass is 127. The van der Waals surface area contributed by atoms with E-state index in [1.807, 2.05) is 37.3 Å². The minimum Gasteiger partial charge on any atom is -0.489 e. The van der Waals surface area contributed by atoms with Gasteiger partial charge < -0.3 is 24.5 Å². The van der Waals surface area contributed by atoms with Gasteiger partial charge in [0.2, 0.25) is 0 Å². The predicted molar refractivity (Wildman–Crippen MR) is 119 cm³/mol. The molecule has 0 saturated heterocycles. The van der Waals surface area contributed by atoms with Gasteiger partial charge >= 0.3 is 0 Å². The summed E-state index contributed by atoms with van der Waals surface area (Å²) >= 11 is 0. The summed E-state index contributed by atoms with van der Waals surface area (Å²) in [5, 5.41) is 6.57. The molecule has 150 valence electrons. The van der Waals surface area contributed by atoms with Crippen molar-refractivity contribution in [1.29, 1.82) is 0 Å². The first-order valence-electron chi connectivity index (χ1n) is 8.94. The molecular weight excluding hydrogens is 457 g/mol. The zero-order chi connectivity index (χ0) is 18.6. The molecule has 2 aromatic rings. The number of rotatable bonds is 10. The number of furan rings is 1. The summed E-state index contributed by atoms with van der Waals surface area (Å²) in [6.07, 6.45) is 2.46. The fourth-order valence-corrected chi connectivity index (χ4v) is 2.38. The second-order valence-corrected chi connectivity index (χ2v) is 6.11. The van der Waals surface area contributed by atoms with Crippen LogP contribution in [0.3, 0.4) is 0 Å². The molecular formula is C20H30IN3O3. The number of benzene rings is 1. The molecule has 0 saturated carbocycles. The van der Waals surface area contributed by atoms with Crippen LogP contribution < -0.4 is 15.4 Å². The maximum absolute atomic E-state index is 5.93. The summed E-state index contributed by atoms with van der Waals surface area (Å²) in [5.74, 6) is 2.56. The van der Waals surface area contributed by atoms with Crippen LogP contribution in [0.2, 0.25) is 0 Å². The minimum absolute atomic E-state index is 0. The molecule has 27 heavy (non-hydrogen) atoms. The van der Waals surface area contributed by atoms with Gasteiger partial charge in [0, 0.05) is 26.6 Å². The van der Waals surface area contributed by atoms with E-state index in [-0.39, 0.29) is 30.1 Å². The van der Waals surface area contributed by atoms with Gasteiger partial charge in [0.15, 0.2) is 5.96 Å². The van der Waals surface area contributed by atoms with Crippen molar-refractivity contribution >= 4 is 29.9 Å². The Hall–Kier alpha value is -1.74. The molecule has 0 radical (unpaired) electrons. The highest BCUT2D eigenvalue weighted by Crippen LogP contribution is 2.14. The van der Waals surface area contributed by atoms with Crippen molar-refractivity contribution in [3.63, 3.8) is 0 Å². The van der Waals surface area contributed by atoms with Gasteiger partial charge in [-0.05, 0) is 43.7 Å². The Labute approximate surface area is 178 Å². The molecule has 1 heterocycles. The van der Waals surface area contributed by atoms with E-state index in [4.69, 9.17) is 13.9 Å². The third-order valence-corrected chi connectivity index (χ3v) is 3.68. The van der Waals surface area contributed by atoms with Crippen molar-refractivity contribution in [3.05, 3.63) is 54.0 Å². The quantitative estimate of drug-likeness (QED) is 0.233. The number of nitrogens with one attached hydrogen (secondary N) is 2. The van der Waals surface area contributed by atoms with Gasteiger partial charge in [-0.15, -0.1) is 24.0 Å². The smallest absolute Gasteiger partial charge is 0.191 e. The fourth-order valence-electron chi connectivity index (χ4n) is 2.38. The number of hydrogen-bond donors (Lipinski definition) is 2. The first kappa shape index (κ1) is 23.3. The van der Waals surface area contributed by atoms with Gasteiger partial charge in [-0.2, -0.15) is 0 Å². The van der Waals surface area contributed by atoms with Gasteiger partial charge in [-0.3, -0.25) is 0 Å². The van der Waals surface area contributed by atoms with Gasteiger partial charge in [0.25, 0.3) is 0 Å². The Bertz CT molecular complexity index is 662. The largest absolute Gasteiger partial charge is 0.489 e. The lowest BCUT2D eigenvalue weighted by atomic mass is 10.2. The van der Waals surface area contributed by atoms with Crippen molar-refractivity contribution in [2.24, 2.45) is 4.99 Å². The van der Waals surface area contributed by atoms with E-state index in [9.17, 15) is 0 Å². The summed E-state index contributed by atoms with van der Waals surface area (Å²) in [6, 6.07) is 11.9. The summed E-state index contributed by atoms with van der Waals surface area (Å²) in [4.78, 5) is 4.62. The fraction of sp³-hybridized carbons (Fsp3) is 0.450. The summed E-state index contributed by atoms with van der Waals surface area (Å²) in [7, 11) is 1.68. The highest BCUT2D eigenvalue weighted by molar-refractivity contribution is 14.0. The monoisotopic (exact) mass is 487 g/mol. The lowest BCUT2D eigenvalue weighted by Gasteiger charge is -2.16. The zero-order valence-electron chi connectivity index (χ0n) is 16.2. The van der Waals surface area contributed by atoms with Crippen LogP contribution in [0.4, 0.5) is 0 Å². The first-order valence-corrected chi connectivity index (χ1v) is 8.94. The molecule has 7 heteroatoms. The maximum atomic E-state index is 5.93. The number of halogens is 1. The van der Waals surface area contributed by atoms with Gasteiger partial charge in [0.05, 0.1) is 19.4 Å². The van der Waals surface area contributed by atoms with Gasteiger partial charge in [0.1, 0.15) is 17.6 Å². The van der Waals surface area contributed by atoms with Crippen LogP contribution in [0.25, 0.3) is 0 Å². The molecule has 1 aromatic heterocycles. The van der Waals surface area contributed by atoms with E-state index in [2.05, 4.69) is 28.6 Å². The van der Waals surface area contributed by atoms with Crippen molar-refractivity contribution in [2.75, 3.05) is 33.4 Å². The van der Waals surface area contributed by atoms with Gasteiger partial charge in [-0.1, -0.05) is 12.1 Å². The standard InChI is InChI=1S/C20H29N3O3.HI/c1-16-6-4-7-19(14-16)26-17(2)15-23-20(22-11-13-24-3)21-10-9-18-8-5-12-25-18;/h4-8,12,14,17H,9-11,13,15H2,1-3H3,(H2,21,22,23);1H. The number of aryl methyl sites for hydroxylation is 1. The molecule has 0 spiro atoms. The van der Waals surface area contributed by atoms with E-state index in [1.54, 1.807) is 13.4 Å². The molecule has 2 rings (SSSR count). The number of methoxy groups -OCH3 is 1. The van der Waals surface area contributed by atoms with Crippen LogP contribution in [0.5, 0.6) is 5.75 Å². The minimum atomic E-state index is -0.0251. The summed E-state index contributed by atoms with van der Waals surface area (Å²) in [6.45, 7) is 6.67. The van der Waals surface area contributed by atoms with Crippen LogP contribution in [0.15, 0.2) is 52.1 Å². The molecule has 2 N–H and O–H groups in total. The third-order valence-electron chi connectivity index (χ3n) is 3.68. The predicted octanol–water partition coefficient (Wildman–Crippen LogP) is 3.40. The average Bonchev–Trinajstić information content (AvgIpc) is 3.13. The maximum Gasteiger partial charge on any atom is 0.191 e. The van der Waals surface area contributed by atoms with Gasteiger partial charge in [-0.25, -0.2) is 4.99 Å². The number of nitrogens with zero attached hydrogens (tertiary/aromatic N) is 1. The van der Waals surface area contributed by atoms with E-state index in [0.29, 0.717) is 19.7 Å². The van der Waals surface area contributed by atoms with Crippen LogP contribution in [-0.4, -0.2) is 45.4 Å². The molecule has 1 atom stereocenters. The topological polar surface area (TPSA) is 68.0 Å². The van der Waals surface area contributed by atoms with Crippen molar-refractivity contribution in [3.8, 4) is 5.75 Å². The molecule has 0 fully saturated rings. The van der Waals surface area contributed by atoms with Crippen molar-refractivity contribution in [1.82, 2.24) is 10.6 Å². The Balaban J connectivity index is 0.00000364. The van der Waals surface area contributed by atoms with Crippen LogP contribution in [0.1, 0.15) is 18.2 Å². The molecule has 1 aromatic carbocycles. The van der Waals surface area contributed by atoms with Crippen molar-refractivity contribution < 1.29 is 13.9 Å². The second-order valence-electron chi connectivity index (χ2n) is 6.11. The lowest BCUT2D eigenvalue weighted by Crippen LogP contribution is -2.40. The molecule has 0 aliphatic carbocycles. The Kier molecular flexibility index (Phi) is 11.6. The number of hydrogen-bond acceptors (Lipinski definition) is 4. The molecule has 0 aliphatic rings. The van der Waals surface area contributed by atoms with Crippen molar-refractivity contribution in [2.45, 2.75) is 26.4 Å². The molecule has 0 aliphatic heterocycles. The Morgan fingerprint density at radius 3 is 2.70 bits per heavy atom. The lowest BCUT2D eigenvalue weighted by molar-refractivity contribution is 0.203. The second kappa shape index (κ2) is 13.4.